The second kappa shape index (κ2) is 2.26. The van der Waals surface area contributed by atoms with E-state index in [0.29, 0.717) is 0 Å². The number of H-pyrrole nitrogens is 1. The van der Waals surface area contributed by atoms with Gasteiger partial charge in [0.1, 0.15) is 12.5 Å². The Morgan fingerprint density at radius 1 is 1.15 bits per heavy atom. The van der Waals surface area contributed by atoms with Gasteiger partial charge in [-0.25, -0.2) is 15.0 Å². The maximum Gasteiger partial charge on any atom is 0.116 e. The Kier molecular flexibility index (Phi) is 1.14. The SMILES string of the molecule is [c]1ncnc2cc3[nH]cnc3cc12. The lowest BCUT2D eigenvalue weighted by Gasteiger charge is -1.93. The number of aromatic amines is 1. The van der Waals surface area contributed by atoms with Crippen LogP contribution in [0, 0.1) is 6.20 Å². The molecular weight excluding hydrogens is 164 g/mol. The minimum Gasteiger partial charge on any atom is -0.345 e. The Hall–Kier alpha value is -1.97. The van der Waals surface area contributed by atoms with Crippen LogP contribution in [0.5, 0.6) is 0 Å². The second-order valence-corrected chi connectivity index (χ2v) is 2.77. The molecule has 0 aliphatic carbocycles. The maximum absolute atomic E-state index is 4.14. The summed E-state index contributed by atoms with van der Waals surface area (Å²) in [7, 11) is 0. The molecule has 0 saturated carbocycles. The summed E-state index contributed by atoms with van der Waals surface area (Å²) in [6, 6.07) is 3.86. The Balaban J connectivity index is 2.57. The van der Waals surface area contributed by atoms with Gasteiger partial charge in [-0.2, -0.15) is 0 Å². The highest BCUT2D eigenvalue weighted by Gasteiger charge is 1.99. The van der Waals surface area contributed by atoms with Crippen molar-refractivity contribution in [2.45, 2.75) is 0 Å². The second-order valence-electron chi connectivity index (χ2n) is 2.77. The van der Waals surface area contributed by atoms with Crippen molar-refractivity contribution in [1.82, 2.24) is 19.9 Å². The van der Waals surface area contributed by atoms with Crippen LogP contribution >= 0.6 is 0 Å². The van der Waals surface area contributed by atoms with Gasteiger partial charge in [0, 0.05) is 5.39 Å². The molecule has 0 bridgehead atoms. The number of fused-ring (bicyclic) bond motifs is 2. The first kappa shape index (κ1) is 6.54. The summed E-state index contributed by atoms with van der Waals surface area (Å²) >= 11 is 0. The van der Waals surface area contributed by atoms with E-state index < -0.39 is 0 Å². The van der Waals surface area contributed by atoms with E-state index in [1.54, 1.807) is 6.33 Å². The number of hydrogen-bond acceptors (Lipinski definition) is 3. The van der Waals surface area contributed by atoms with Crippen molar-refractivity contribution in [2.75, 3.05) is 0 Å². The molecule has 61 valence electrons. The molecule has 1 radical (unpaired) electrons. The monoisotopic (exact) mass is 169 g/mol. The Morgan fingerprint density at radius 2 is 2.15 bits per heavy atom. The van der Waals surface area contributed by atoms with E-state index in [0.717, 1.165) is 21.9 Å². The zero-order chi connectivity index (χ0) is 8.67. The number of aromatic nitrogens is 4. The average Bonchev–Trinajstić information content (AvgIpc) is 2.61. The Labute approximate surface area is 73.7 Å². The molecular formula is C9H5N4. The van der Waals surface area contributed by atoms with Crippen molar-refractivity contribution >= 4 is 21.9 Å². The van der Waals surface area contributed by atoms with Gasteiger partial charge in [-0.05, 0) is 12.1 Å². The summed E-state index contributed by atoms with van der Waals surface area (Å²) in [6.07, 6.45) is 6.02. The molecule has 13 heavy (non-hydrogen) atoms. The van der Waals surface area contributed by atoms with Crippen molar-refractivity contribution in [1.29, 1.82) is 0 Å². The molecule has 1 N–H and O–H groups in total. The molecule has 0 fully saturated rings. The molecule has 0 aliphatic heterocycles. The third-order valence-corrected chi connectivity index (χ3v) is 1.98. The van der Waals surface area contributed by atoms with Gasteiger partial charge in [-0.1, -0.05) is 0 Å². The number of hydrogen-bond donors (Lipinski definition) is 1. The van der Waals surface area contributed by atoms with Crippen LogP contribution in [0.2, 0.25) is 0 Å². The Bertz CT molecular complexity index is 520. The number of benzene rings is 1. The van der Waals surface area contributed by atoms with E-state index in [4.69, 9.17) is 0 Å². The van der Waals surface area contributed by atoms with Crippen LogP contribution in [0.4, 0.5) is 0 Å². The van der Waals surface area contributed by atoms with Gasteiger partial charge < -0.3 is 4.98 Å². The fourth-order valence-corrected chi connectivity index (χ4v) is 1.36. The van der Waals surface area contributed by atoms with Crippen LogP contribution in [0.15, 0.2) is 24.8 Å². The fourth-order valence-electron chi connectivity index (χ4n) is 1.36. The molecule has 1 aromatic carbocycles. The van der Waals surface area contributed by atoms with E-state index in [9.17, 15) is 0 Å². The first-order valence-electron chi connectivity index (χ1n) is 3.89. The minimum atomic E-state index is 0.881. The smallest absolute Gasteiger partial charge is 0.116 e. The number of imidazole rings is 1. The van der Waals surface area contributed by atoms with Gasteiger partial charge >= 0.3 is 0 Å². The van der Waals surface area contributed by atoms with E-state index in [1.165, 1.54) is 6.33 Å². The highest BCUT2D eigenvalue weighted by atomic mass is 14.9. The van der Waals surface area contributed by atoms with Gasteiger partial charge in [-0.3, -0.25) is 0 Å². The highest BCUT2D eigenvalue weighted by Crippen LogP contribution is 2.16. The van der Waals surface area contributed by atoms with Crippen molar-refractivity contribution in [3.05, 3.63) is 31.0 Å². The van der Waals surface area contributed by atoms with Gasteiger partial charge in [0.05, 0.1) is 22.9 Å². The summed E-state index contributed by atoms with van der Waals surface area (Å²) < 4.78 is 0. The first-order chi connectivity index (χ1) is 6.43. The van der Waals surface area contributed by atoms with Gasteiger partial charge in [0.25, 0.3) is 0 Å². The lowest BCUT2D eigenvalue weighted by atomic mass is 10.2. The van der Waals surface area contributed by atoms with Gasteiger partial charge in [-0.15, -0.1) is 0 Å². The van der Waals surface area contributed by atoms with Crippen molar-refractivity contribution < 1.29 is 0 Å². The largest absolute Gasteiger partial charge is 0.345 e. The summed E-state index contributed by atoms with van der Waals surface area (Å²) in [5.41, 5.74) is 2.78. The molecule has 0 spiro atoms. The van der Waals surface area contributed by atoms with E-state index >= 15 is 0 Å². The molecule has 2 aromatic heterocycles. The molecule has 4 nitrogen and oxygen atoms in total. The zero-order valence-electron chi connectivity index (χ0n) is 6.65. The number of rotatable bonds is 0. The van der Waals surface area contributed by atoms with Gasteiger partial charge in [0.15, 0.2) is 0 Å². The summed E-state index contributed by atoms with van der Waals surface area (Å²) in [5.74, 6) is 0. The van der Waals surface area contributed by atoms with Crippen molar-refractivity contribution in [3.8, 4) is 0 Å². The van der Waals surface area contributed by atoms with Crippen LogP contribution in [-0.4, -0.2) is 19.9 Å². The molecule has 3 aromatic rings. The normalized spacial score (nSPS) is 11.1. The van der Waals surface area contributed by atoms with Crippen molar-refractivity contribution in [3.63, 3.8) is 0 Å². The highest BCUT2D eigenvalue weighted by molar-refractivity contribution is 5.91. The predicted octanol–water partition coefficient (Wildman–Crippen LogP) is 1.31. The van der Waals surface area contributed by atoms with Crippen LogP contribution in [0.25, 0.3) is 21.9 Å². The lowest BCUT2D eigenvalue weighted by molar-refractivity contribution is 1.21. The van der Waals surface area contributed by atoms with Crippen LogP contribution in [0.3, 0.4) is 0 Å². The molecule has 0 atom stereocenters. The Morgan fingerprint density at radius 3 is 3.15 bits per heavy atom. The third-order valence-electron chi connectivity index (χ3n) is 1.98. The van der Waals surface area contributed by atoms with Crippen LogP contribution in [0.1, 0.15) is 0 Å². The van der Waals surface area contributed by atoms with Crippen LogP contribution in [-0.2, 0) is 0 Å². The number of nitrogens with zero attached hydrogens (tertiary/aromatic N) is 3. The molecule has 3 rings (SSSR count). The summed E-state index contributed by atoms with van der Waals surface area (Å²) in [6.45, 7) is 0. The molecule has 2 heterocycles. The topological polar surface area (TPSA) is 54.5 Å². The maximum atomic E-state index is 4.14. The van der Waals surface area contributed by atoms with Crippen LogP contribution < -0.4 is 0 Å². The molecule has 0 amide bonds. The number of nitrogens with one attached hydrogen (secondary N) is 1. The summed E-state index contributed by atoms with van der Waals surface area (Å²) in [5, 5.41) is 0.891. The fraction of sp³-hybridized carbons (Fsp3) is 0. The van der Waals surface area contributed by atoms with E-state index in [1.807, 2.05) is 12.1 Å². The standard InChI is InChI=1S/C9H5N4/c1-6-3-10-4-11-7(6)2-9-8(1)12-5-13-9/h1-2,4-5H,(H,12,13). The minimum absolute atomic E-state index is 0.881. The third kappa shape index (κ3) is 0.885. The predicted molar refractivity (Wildman–Crippen MR) is 48.0 cm³/mol. The molecule has 4 heteroatoms. The molecule has 0 aliphatic rings. The molecule has 0 saturated heterocycles. The zero-order valence-corrected chi connectivity index (χ0v) is 6.65. The summed E-state index contributed by atoms with van der Waals surface area (Å²) in [4.78, 5) is 15.1. The van der Waals surface area contributed by atoms with Gasteiger partial charge in [0.2, 0.25) is 0 Å². The van der Waals surface area contributed by atoms with E-state index in [2.05, 4.69) is 26.1 Å². The quantitative estimate of drug-likeness (QED) is 0.552. The first-order valence-corrected chi connectivity index (χ1v) is 3.89. The lowest BCUT2D eigenvalue weighted by Crippen LogP contribution is -1.81. The van der Waals surface area contributed by atoms with E-state index in [-0.39, 0.29) is 0 Å². The van der Waals surface area contributed by atoms with Crippen molar-refractivity contribution in [2.24, 2.45) is 0 Å². The molecule has 0 unspecified atom stereocenters. The average molecular weight is 169 g/mol.